The molecule has 2 N–H and O–H groups in total. The molecule has 1 aromatic carbocycles. The molecule has 1 heterocycles. The Balaban J connectivity index is 2.34. The molecule has 2 atom stereocenters. The standard InChI is InChI=1S/C11H14ClNS/c1-7-9(4-5-13)10-6-8(12)2-3-11(10)14-7/h2-3,6-7,9H,4-5,13H2,1H3. The number of benzene rings is 1. The zero-order valence-corrected chi connectivity index (χ0v) is 9.74. The molecule has 1 aliphatic heterocycles. The Hall–Kier alpha value is -0.180. The van der Waals surface area contributed by atoms with Gasteiger partial charge in [0.05, 0.1) is 0 Å². The highest BCUT2D eigenvalue weighted by atomic mass is 35.5. The van der Waals surface area contributed by atoms with Crippen molar-refractivity contribution in [2.24, 2.45) is 5.73 Å². The van der Waals surface area contributed by atoms with Crippen LogP contribution in [0.4, 0.5) is 0 Å². The summed E-state index contributed by atoms with van der Waals surface area (Å²) in [5.41, 5.74) is 7.01. The fraction of sp³-hybridized carbons (Fsp3) is 0.455. The van der Waals surface area contributed by atoms with Gasteiger partial charge in [-0.3, -0.25) is 0 Å². The maximum Gasteiger partial charge on any atom is 0.0409 e. The molecule has 14 heavy (non-hydrogen) atoms. The lowest BCUT2D eigenvalue weighted by molar-refractivity contribution is 0.633. The molecule has 0 aromatic heterocycles. The van der Waals surface area contributed by atoms with E-state index in [1.165, 1.54) is 10.5 Å². The van der Waals surface area contributed by atoms with Crippen molar-refractivity contribution < 1.29 is 0 Å². The minimum absolute atomic E-state index is 0.582. The maximum absolute atomic E-state index is 6.00. The number of rotatable bonds is 2. The monoisotopic (exact) mass is 227 g/mol. The highest BCUT2D eigenvalue weighted by molar-refractivity contribution is 8.00. The summed E-state index contributed by atoms with van der Waals surface area (Å²) >= 11 is 7.93. The fourth-order valence-corrected chi connectivity index (χ4v) is 3.54. The number of thioether (sulfide) groups is 1. The molecule has 1 aliphatic rings. The van der Waals surface area contributed by atoms with Crippen molar-refractivity contribution in [3.05, 3.63) is 28.8 Å². The van der Waals surface area contributed by atoms with Crippen LogP contribution in [0.5, 0.6) is 0 Å². The average Bonchev–Trinajstić information content (AvgIpc) is 2.45. The van der Waals surface area contributed by atoms with Gasteiger partial charge in [0.1, 0.15) is 0 Å². The predicted molar refractivity (Wildman–Crippen MR) is 63.2 cm³/mol. The van der Waals surface area contributed by atoms with E-state index >= 15 is 0 Å². The van der Waals surface area contributed by atoms with Crippen LogP contribution in [0.25, 0.3) is 0 Å². The summed E-state index contributed by atoms with van der Waals surface area (Å²) in [7, 11) is 0. The van der Waals surface area contributed by atoms with Gasteiger partial charge in [0.15, 0.2) is 0 Å². The van der Waals surface area contributed by atoms with E-state index in [0.717, 1.165) is 18.0 Å². The van der Waals surface area contributed by atoms with Crippen LogP contribution in [-0.4, -0.2) is 11.8 Å². The van der Waals surface area contributed by atoms with Gasteiger partial charge in [-0.1, -0.05) is 18.5 Å². The van der Waals surface area contributed by atoms with Crippen molar-refractivity contribution in [1.29, 1.82) is 0 Å². The molecule has 2 rings (SSSR count). The van der Waals surface area contributed by atoms with Crippen molar-refractivity contribution in [1.82, 2.24) is 0 Å². The first kappa shape index (κ1) is 10.3. The minimum Gasteiger partial charge on any atom is -0.330 e. The van der Waals surface area contributed by atoms with Gasteiger partial charge in [0, 0.05) is 15.2 Å². The van der Waals surface area contributed by atoms with E-state index in [1.807, 2.05) is 17.8 Å². The molecule has 0 radical (unpaired) electrons. The van der Waals surface area contributed by atoms with Gasteiger partial charge in [-0.25, -0.2) is 0 Å². The third kappa shape index (κ3) is 1.79. The lowest BCUT2D eigenvalue weighted by Crippen LogP contribution is -2.12. The van der Waals surface area contributed by atoms with E-state index in [1.54, 1.807) is 0 Å². The smallest absolute Gasteiger partial charge is 0.0409 e. The van der Waals surface area contributed by atoms with Gasteiger partial charge in [0.2, 0.25) is 0 Å². The van der Waals surface area contributed by atoms with E-state index in [4.69, 9.17) is 17.3 Å². The van der Waals surface area contributed by atoms with Crippen molar-refractivity contribution in [3.8, 4) is 0 Å². The largest absolute Gasteiger partial charge is 0.330 e. The third-order valence-electron chi connectivity index (χ3n) is 2.73. The number of fused-ring (bicyclic) bond motifs is 1. The van der Waals surface area contributed by atoms with Crippen LogP contribution in [0.2, 0.25) is 5.02 Å². The Bertz CT molecular complexity index is 340. The van der Waals surface area contributed by atoms with E-state index in [9.17, 15) is 0 Å². The Morgan fingerprint density at radius 1 is 1.50 bits per heavy atom. The van der Waals surface area contributed by atoms with Gasteiger partial charge in [-0.15, -0.1) is 11.8 Å². The first-order valence-corrected chi connectivity index (χ1v) is 6.14. The van der Waals surface area contributed by atoms with Crippen LogP contribution in [0, 0.1) is 0 Å². The zero-order chi connectivity index (χ0) is 10.1. The number of hydrogen-bond acceptors (Lipinski definition) is 2. The van der Waals surface area contributed by atoms with Crippen LogP contribution >= 0.6 is 23.4 Å². The Kier molecular flexibility index (Phi) is 3.05. The number of hydrogen-bond donors (Lipinski definition) is 1. The minimum atomic E-state index is 0.582. The topological polar surface area (TPSA) is 26.0 Å². The molecular formula is C11H14ClNS. The first-order valence-electron chi connectivity index (χ1n) is 4.88. The van der Waals surface area contributed by atoms with Gasteiger partial charge in [-0.05, 0) is 42.6 Å². The van der Waals surface area contributed by atoms with Crippen LogP contribution in [0.15, 0.2) is 23.1 Å². The van der Waals surface area contributed by atoms with E-state index < -0.39 is 0 Å². The lowest BCUT2D eigenvalue weighted by atomic mass is 9.93. The fourth-order valence-electron chi connectivity index (χ4n) is 2.02. The van der Waals surface area contributed by atoms with Crippen LogP contribution in [0.1, 0.15) is 24.8 Å². The second-order valence-corrected chi connectivity index (χ2v) is 5.54. The molecular weight excluding hydrogens is 214 g/mol. The molecule has 0 saturated heterocycles. The second kappa shape index (κ2) is 4.13. The summed E-state index contributed by atoms with van der Waals surface area (Å²) < 4.78 is 0. The molecule has 2 unspecified atom stereocenters. The lowest BCUT2D eigenvalue weighted by Gasteiger charge is -2.14. The molecule has 76 valence electrons. The molecule has 1 aromatic rings. The molecule has 1 nitrogen and oxygen atoms in total. The van der Waals surface area contributed by atoms with Gasteiger partial charge < -0.3 is 5.73 Å². The summed E-state index contributed by atoms with van der Waals surface area (Å²) in [5.74, 6) is 0.582. The molecule has 0 fully saturated rings. The summed E-state index contributed by atoms with van der Waals surface area (Å²) in [4.78, 5) is 1.38. The summed E-state index contributed by atoms with van der Waals surface area (Å²) in [6.07, 6.45) is 1.06. The van der Waals surface area contributed by atoms with E-state index in [-0.39, 0.29) is 0 Å². The molecule has 0 saturated carbocycles. The van der Waals surface area contributed by atoms with Crippen LogP contribution in [-0.2, 0) is 0 Å². The second-order valence-electron chi connectivity index (χ2n) is 3.69. The van der Waals surface area contributed by atoms with Crippen LogP contribution in [0.3, 0.4) is 0 Å². The third-order valence-corrected chi connectivity index (χ3v) is 4.29. The highest BCUT2D eigenvalue weighted by Gasteiger charge is 2.29. The van der Waals surface area contributed by atoms with Crippen molar-refractivity contribution in [2.75, 3.05) is 6.54 Å². The number of nitrogens with two attached hydrogens (primary N) is 1. The summed E-state index contributed by atoms with van der Waals surface area (Å²) in [6, 6.07) is 6.17. The molecule has 0 spiro atoms. The molecule has 3 heteroatoms. The molecule has 0 aliphatic carbocycles. The zero-order valence-electron chi connectivity index (χ0n) is 8.16. The summed E-state index contributed by atoms with van der Waals surface area (Å²) in [5, 5.41) is 1.47. The SMILES string of the molecule is CC1Sc2ccc(Cl)cc2C1CCN. The first-order chi connectivity index (χ1) is 6.72. The van der Waals surface area contributed by atoms with E-state index in [0.29, 0.717) is 11.2 Å². The highest BCUT2D eigenvalue weighted by Crippen LogP contribution is 2.47. The van der Waals surface area contributed by atoms with Crippen molar-refractivity contribution >= 4 is 23.4 Å². The molecule has 0 bridgehead atoms. The van der Waals surface area contributed by atoms with Gasteiger partial charge in [0.25, 0.3) is 0 Å². The Labute approximate surface area is 94.0 Å². The quantitative estimate of drug-likeness (QED) is 0.840. The normalized spacial score (nSPS) is 25.1. The number of halogens is 1. The van der Waals surface area contributed by atoms with Crippen molar-refractivity contribution in [2.45, 2.75) is 29.4 Å². The molecule has 0 amide bonds. The maximum atomic E-state index is 6.00. The summed E-state index contributed by atoms with van der Waals surface area (Å²) in [6.45, 7) is 3.01. The Morgan fingerprint density at radius 3 is 3.00 bits per heavy atom. The van der Waals surface area contributed by atoms with E-state index in [2.05, 4.69) is 19.1 Å². The van der Waals surface area contributed by atoms with Gasteiger partial charge in [-0.2, -0.15) is 0 Å². The van der Waals surface area contributed by atoms with Crippen molar-refractivity contribution in [3.63, 3.8) is 0 Å². The Morgan fingerprint density at radius 2 is 2.29 bits per heavy atom. The van der Waals surface area contributed by atoms with Crippen LogP contribution < -0.4 is 5.73 Å². The predicted octanol–water partition coefficient (Wildman–Crippen LogP) is 3.27. The average molecular weight is 228 g/mol. The van der Waals surface area contributed by atoms with Gasteiger partial charge >= 0.3 is 0 Å².